The molecule has 0 amide bonds. The van der Waals surface area contributed by atoms with Crippen molar-refractivity contribution in [3.05, 3.63) is 41.8 Å². The molecule has 1 aliphatic carbocycles. The SMILES string of the molecule is CCCCCCCOc1ccc(-c2ccc(CCC3CCC(C)CC3)nn2)c(F)c1. The predicted molar refractivity (Wildman–Crippen MR) is 121 cm³/mol. The highest BCUT2D eigenvalue weighted by atomic mass is 19.1. The van der Waals surface area contributed by atoms with E-state index in [1.807, 2.05) is 18.2 Å². The fourth-order valence-electron chi connectivity index (χ4n) is 4.30. The molecule has 3 rings (SSSR count). The largest absolute Gasteiger partial charge is 0.493 e. The van der Waals surface area contributed by atoms with Crippen LogP contribution >= 0.6 is 0 Å². The summed E-state index contributed by atoms with van der Waals surface area (Å²) >= 11 is 0. The van der Waals surface area contributed by atoms with Crippen LogP contribution in [0.2, 0.25) is 0 Å². The summed E-state index contributed by atoms with van der Waals surface area (Å²) in [6, 6.07) is 8.91. The van der Waals surface area contributed by atoms with E-state index in [1.165, 1.54) is 57.4 Å². The molecule has 1 fully saturated rings. The Kier molecular flexibility index (Phi) is 9.10. The zero-order chi connectivity index (χ0) is 21.2. The minimum absolute atomic E-state index is 0.308. The highest BCUT2D eigenvalue weighted by Gasteiger charge is 2.18. The summed E-state index contributed by atoms with van der Waals surface area (Å²) in [4.78, 5) is 0. The molecular formula is C26H37FN2O. The van der Waals surface area contributed by atoms with Gasteiger partial charge < -0.3 is 4.74 Å². The van der Waals surface area contributed by atoms with Crippen molar-refractivity contribution in [3.8, 4) is 17.0 Å². The van der Waals surface area contributed by atoms with Gasteiger partial charge in [-0.05, 0) is 55.4 Å². The Bertz CT molecular complexity index is 754. The lowest BCUT2D eigenvalue weighted by Gasteiger charge is -2.25. The van der Waals surface area contributed by atoms with Crippen LogP contribution in [0.15, 0.2) is 30.3 Å². The van der Waals surface area contributed by atoms with Gasteiger partial charge >= 0.3 is 0 Å². The van der Waals surface area contributed by atoms with Crippen molar-refractivity contribution in [2.75, 3.05) is 6.61 Å². The summed E-state index contributed by atoms with van der Waals surface area (Å²) in [5.74, 6) is 1.98. The van der Waals surface area contributed by atoms with Crippen LogP contribution in [0.5, 0.6) is 5.75 Å². The van der Waals surface area contributed by atoms with Crippen molar-refractivity contribution < 1.29 is 9.13 Å². The van der Waals surface area contributed by atoms with Crippen molar-refractivity contribution in [1.82, 2.24) is 10.2 Å². The smallest absolute Gasteiger partial charge is 0.136 e. The van der Waals surface area contributed by atoms with Gasteiger partial charge in [0.2, 0.25) is 0 Å². The van der Waals surface area contributed by atoms with Crippen LogP contribution in [-0.2, 0) is 6.42 Å². The standard InChI is InChI=1S/C26H37FN2O/c1-3-4-5-6-7-18-30-23-15-16-24(25(27)19-23)26-17-14-22(28-29-26)13-12-21-10-8-20(2)9-11-21/h14-17,19-21H,3-13,18H2,1-2H3. The Morgan fingerprint density at radius 3 is 2.47 bits per heavy atom. The maximum atomic E-state index is 14.6. The molecule has 0 aliphatic heterocycles. The molecule has 0 bridgehead atoms. The Morgan fingerprint density at radius 1 is 0.967 bits per heavy atom. The van der Waals surface area contributed by atoms with E-state index in [4.69, 9.17) is 4.74 Å². The number of rotatable bonds is 11. The number of nitrogens with zero attached hydrogens (tertiary/aromatic N) is 2. The van der Waals surface area contributed by atoms with Crippen LogP contribution in [0, 0.1) is 17.7 Å². The van der Waals surface area contributed by atoms with E-state index in [9.17, 15) is 4.39 Å². The number of halogens is 1. The fourth-order valence-corrected chi connectivity index (χ4v) is 4.30. The molecule has 3 nitrogen and oxygen atoms in total. The lowest BCUT2D eigenvalue weighted by molar-refractivity contribution is 0.277. The molecule has 2 aromatic rings. The number of benzene rings is 1. The van der Waals surface area contributed by atoms with Crippen LogP contribution in [0.3, 0.4) is 0 Å². The molecule has 0 radical (unpaired) electrons. The van der Waals surface area contributed by atoms with Gasteiger partial charge in [0.15, 0.2) is 0 Å². The van der Waals surface area contributed by atoms with Gasteiger partial charge in [0.1, 0.15) is 11.6 Å². The third-order valence-electron chi connectivity index (χ3n) is 6.40. The first-order valence-corrected chi connectivity index (χ1v) is 11.9. The second kappa shape index (κ2) is 12.0. The maximum Gasteiger partial charge on any atom is 0.136 e. The van der Waals surface area contributed by atoms with Gasteiger partial charge in [-0.3, -0.25) is 0 Å². The first-order chi connectivity index (χ1) is 14.7. The quantitative estimate of drug-likeness (QED) is 0.361. The summed E-state index contributed by atoms with van der Waals surface area (Å²) < 4.78 is 20.3. The summed E-state index contributed by atoms with van der Waals surface area (Å²) in [6.07, 6.45) is 13.4. The molecule has 1 aromatic heterocycles. The van der Waals surface area contributed by atoms with Gasteiger partial charge in [-0.15, -0.1) is 0 Å². The van der Waals surface area contributed by atoms with Gasteiger partial charge in [0.05, 0.1) is 18.0 Å². The molecule has 0 saturated heterocycles. The molecule has 0 spiro atoms. The average Bonchev–Trinajstić information content (AvgIpc) is 2.76. The predicted octanol–water partition coefficient (Wildman–Crippen LogP) is 7.39. The van der Waals surface area contributed by atoms with E-state index in [0.29, 0.717) is 23.6 Å². The van der Waals surface area contributed by atoms with Crippen LogP contribution < -0.4 is 4.74 Å². The third kappa shape index (κ3) is 7.07. The van der Waals surface area contributed by atoms with Crippen LogP contribution in [-0.4, -0.2) is 16.8 Å². The number of aryl methyl sites for hydroxylation is 1. The van der Waals surface area contributed by atoms with Crippen molar-refractivity contribution in [3.63, 3.8) is 0 Å². The van der Waals surface area contributed by atoms with E-state index in [0.717, 1.165) is 36.8 Å². The van der Waals surface area contributed by atoms with Gasteiger partial charge in [-0.1, -0.05) is 65.2 Å². The molecule has 0 atom stereocenters. The highest BCUT2D eigenvalue weighted by Crippen LogP contribution is 2.31. The monoisotopic (exact) mass is 412 g/mol. The van der Waals surface area contributed by atoms with Gasteiger partial charge in [0, 0.05) is 11.6 Å². The molecular weight excluding hydrogens is 375 g/mol. The van der Waals surface area contributed by atoms with Crippen LogP contribution in [0.1, 0.15) is 83.7 Å². The first-order valence-electron chi connectivity index (χ1n) is 11.9. The average molecular weight is 413 g/mol. The molecule has 1 aliphatic rings. The van der Waals surface area contributed by atoms with Crippen molar-refractivity contribution >= 4 is 0 Å². The minimum Gasteiger partial charge on any atom is -0.493 e. The second-order valence-corrected chi connectivity index (χ2v) is 8.98. The summed E-state index contributed by atoms with van der Waals surface area (Å²) in [5, 5.41) is 8.64. The number of hydrogen-bond donors (Lipinski definition) is 0. The molecule has 30 heavy (non-hydrogen) atoms. The summed E-state index contributed by atoms with van der Waals surface area (Å²) in [5.41, 5.74) is 2.06. The third-order valence-corrected chi connectivity index (χ3v) is 6.40. The molecule has 1 heterocycles. The summed E-state index contributed by atoms with van der Waals surface area (Å²) in [7, 11) is 0. The zero-order valence-corrected chi connectivity index (χ0v) is 18.7. The van der Waals surface area contributed by atoms with Crippen LogP contribution in [0.4, 0.5) is 4.39 Å². The molecule has 4 heteroatoms. The van der Waals surface area contributed by atoms with Crippen molar-refractivity contribution in [2.45, 2.75) is 84.5 Å². The van der Waals surface area contributed by atoms with Crippen molar-refractivity contribution in [1.29, 1.82) is 0 Å². The number of unbranched alkanes of at least 4 members (excludes halogenated alkanes) is 4. The lowest BCUT2D eigenvalue weighted by atomic mass is 9.81. The Hall–Kier alpha value is -1.97. The highest BCUT2D eigenvalue weighted by molar-refractivity contribution is 5.60. The minimum atomic E-state index is -0.308. The van der Waals surface area contributed by atoms with E-state index < -0.39 is 0 Å². The van der Waals surface area contributed by atoms with Crippen LogP contribution in [0.25, 0.3) is 11.3 Å². The van der Waals surface area contributed by atoms with E-state index in [-0.39, 0.29) is 5.82 Å². The Morgan fingerprint density at radius 2 is 1.77 bits per heavy atom. The topological polar surface area (TPSA) is 35.0 Å². The number of hydrogen-bond acceptors (Lipinski definition) is 3. The molecule has 0 N–H and O–H groups in total. The van der Waals surface area contributed by atoms with Crippen molar-refractivity contribution in [2.24, 2.45) is 11.8 Å². The molecule has 0 unspecified atom stereocenters. The second-order valence-electron chi connectivity index (χ2n) is 8.98. The molecule has 164 valence electrons. The van der Waals surface area contributed by atoms with E-state index >= 15 is 0 Å². The maximum absolute atomic E-state index is 14.6. The van der Waals surface area contributed by atoms with E-state index in [2.05, 4.69) is 24.0 Å². The first kappa shape index (κ1) is 22.7. The Labute approximate surface area is 181 Å². The molecule has 1 aromatic carbocycles. The number of aromatic nitrogens is 2. The molecule has 1 saturated carbocycles. The number of ether oxygens (including phenoxy) is 1. The van der Waals surface area contributed by atoms with Gasteiger partial charge in [-0.2, -0.15) is 10.2 Å². The summed E-state index contributed by atoms with van der Waals surface area (Å²) in [6.45, 7) is 5.19. The lowest BCUT2D eigenvalue weighted by Crippen LogP contribution is -2.13. The van der Waals surface area contributed by atoms with Gasteiger partial charge in [-0.25, -0.2) is 4.39 Å². The normalized spacial score (nSPS) is 19.0. The van der Waals surface area contributed by atoms with Gasteiger partial charge in [0.25, 0.3) is 0 Å². The van der Waals surface area contributed by atoms with E-state index in [1.54, 1.807) is 6.07 Å². The zero-order valence-electron chi connectivity index (χ0n) is 18.7. The Balaban J connectivity index is 1.48. The fraction of sp³-hybridized carbons (Fsp3) is 0.615.